The van der Waals surface area contributed by atoms with E-state index in [-0.39, 0.29) is 25.5 Å². The summed E-state index contributed by atoms with van der Waals surface area (Å²) in [5, 5.41) is 13.3. The SMILES string of the molecule is NC(CCCNC(=O)NC(=O)OCC1c2ccccc2-c2ccccc21)C(=O)O. The van der Waals surface area contributed by atoms with E-state index in [4.69, 9.17) is 15.6 Å². The first-order chi connectivity index (χ1) is 14.0. The summed E-state index contributed by atoms with van der Waals surface area (Å²) in [7, 11) is 0. The van der Waals surface area contributed by atoms with Crippen LogP contribution in [0.25, 0.3) is 11.1 Å². The lowest BCUT2D eigenvalue weighted by Gasteiger charge is -2.14. The Labute approximate surface area is 168 Å². The third-order valence-corrected chi connectivity index (χ3v) is 4.85. The van der Waals surface area contributed by atoms with Gasteiger partial charge in [-0.2, -0.15) is 0 Å². The largest absolute Gasteiger partial charge is 0.480 e. The van der Waals surface area contributed by atoms with Gasteiger partial charge in [0.2, 0.25) is 0 Å². The number of hydrogen-bond donors (Lipinski definition) is 4. The van der Waals surface area contributed by atoms with Gasteiger partial charge in [-0.05, 0) is 35.1 Å². The Morgan fingerprint density at radius 2 is 1.62 bits per heavy atom. The van der Waals surface area contributed by atoms with Crippen LogP contribution in [0.2, 0.25) is 0 Å². The quantitative estimate of drug-likeness (QED) is 0.531. The van der Waals surface area contributed by atoms with Crippen molar-refractivity contribution in [2.75, 3.05) is 13.2 Å². The molecule has 0 spiro atoms. The normalized spacial score (nSPS) is 13.1. The lowest BCUT2D eigenvalue weighted by atomic mass is 9.98. The van der Waals surface area contributed by atoms with E-state index >= 15 is 0 Å². The summed E-state index contributed by atoms with van der Waals surface area (Å²) < 4.78 is 5.28. The fraction of sp³-hybridized carbons (Fsp3) is 0.286. The average Bonchev–Trinajstić information content (AvgIpc) is 3.03. The van der Waals surface area contributed by atoms with E-state index in [0.717, 1.165) is 22.3 Å². The van der Waals surface area contributed by atoms with Gasteiger partial charge < -0.3 is 20.9 Å². The van der Waals surface area contributed by atoms with Crippen molar-refractivity contribution in [3.8, 4) is 11.1 Å². The predicted octanol–water partition coefficient (Wildman–Crippen LogP) is 2.43. The van der Waals surface area contributed by atoms with Crippen molar-refractivity contribution < 1.29 is 24.2 Å². The zero-order chi connectivity index (χ0) is 20.8. The zero-order valence-electron chi connectivity index (χ0n) is 15.8. The highest BCUT2D eigenvalue weighted by Crippen LogP contribution is 2.44. The van der Waals surface area contributed by atoms with Gasteiger partial charge in [0.15, 0.2) is 0 Å². The molecule has 1 unspecified atom stereocenters. The fourth-order valence-corrected chi connectivity index (χ4v) is 3.42. The number of amides is 3. The van der Waals surface area contributed by atoms with Crippen molar-refractivity contribution in [3.05, 3.63) is 59.7 Å². The molecule has 3 rings (SSSR count). The topological polar surface area (TPSA) is 131 Å². The monoisotopic (exact) mass is 397 g/mol. The molecule has 5 N–H and O–H groups in total. The smallest absolute Gasteiger partial charge is 0.415 e. The van der Waals surface area contributed by atoms with Crippen LogP contribution in [-0.2, 0) is 9.53 Å². The number of carboxylic acid groups (broad SMARTS) is 1. The van der Waals surface area contributed by atoms with Crippen molar-refractivity contribution in [2.45, 2.75) is 24.8 Å². The van der Waals surface area contributed by atoms with Gasteiger partial charge in [0.1, 0.15) is 12.6 Å². The van der Waals surface area contributed by atoms with Crippen molar-refractivity contribution in [1.29, 1.82) is 0 Å². The maximum atomic E-state index is 12.0. The van der Waals surface area contributed by atoms with Crippen molar-refractivity contribution in [1.82, 2.24) is 10.6 Å². The summed E-state index contributed by atoms with van der Waals surface area (Å²) in [5.41, 5.74) is 9.79. The maximum absolute atomic E-state index is 12.0. The molecule has 29 heavy (non-hydrogen) atoms. The minimum absolute atomic E-state index is 0.0892. The molecule has 3 amide bonds. The number of fused-ring (bicyclic) bond motifs is 3. The van der Waals surface area contributed by atoms with E-state index in [0.29, 0.717) is 6.42 Å². The molecule has 2 aromatic carbocycles. The van der Waals surface area contributed by atoms with Crippen LogP contribution in [0.15, 0.2) is 48.5 Å². The first-order valence-corrected chi connectivity index (χ1v) is 9.35. The number of rotatable bonds is 7. The third kappa shape index (κ3) is 4.91. The summed E-state index contributed by atoms with van der Waals surface area (Å²) in [6, 6.07) is 14.3. The van der Waals surface area contributed by atoms with Gasteiger partial charge in [-0.1, -0.05) is 48.5 Å². The Bertz CT molecular complexity index is 869. The zero-order valence-corrected chi connectivity index (χ0v) is 15.8. The molecule has 0 fully saturated rings. The molecule has 8 nitrogen and oxygen atoms in total. The Morgan fingerprint density at radius 1 is 1.03 bits per heavy atom. The Kier molecular flexibility index (Phi) is 6.46. The fourth-order valence-electron chi connectivity index (χ4n) is 3.42. The number of imide groups is 1. The molecule has 0 radical (unpaired) electrons. The lowest BCUT2D eigenvalue weighted by molar-refractivity contribution is -0.138. The summed E-state index contributed by atoms with van der Waals surface area (Å²) >= 11 is 0. The van der Waals surface area contributed by atoms with Crippen LogP contribution in [0.5, 0.6) is 0 Å². The number of nitrogens with two attached hydrogens (primary N) is 1. The number of aliphatic carboxylic acids is 1. The first kappa shape index (κ1) is 20.3. The molecular weight excluding hydrogens is 374 g/mol. The van der Waals surface area contributed by atoms with E-state index in [2.05, 4.69) is 10.6 Å². The number of carbonyl (C=O) groups is 3. The Morgan fingerprint density at radius 3 is 2.21 bits per heavy atom. The van der Waals surface area contributed by atoms with Gasteiger partial charge in [-0.25, -0.2) is 14.9 Å². The molecule has 0 saturated heterocycles. The van der Waals surface area contributed by atoms with Gasteiger partial charge in [0.25, 0.3) is 0 Å². The van der Waals surface area contributed by atoms with Crippen LogP contribution in [0.4, 0.5) is 9.59 Å². The van der Waals surface area contributed by atoms with Crippen molar-refractivity contribution in [3.63, 3.8) is 0 Å². The number of ether oxygens (including phenoxy) is 1. The predicted molar refractivity (Wildman–Crippen MR) is 106 cm³/mol. The van der Waals surface area contributed by atoms with Gasteiger partial charge in [0, 0.05) is 12.5 Å². The molecular formula is C21H23N3O5. The molecule has 0 heterocycles. The second-order valence-corrected chi connectivity index (χ2v) is 6.79. The molecule has 1 aliphatic carbocycles. The van der Waals surface area contributed by atoms with Gasteiger partial charge in [0.05, 0.1) is 0 Å². The highest BCUT2D eigenvalue weighted by atomic mass is 16.5. The van der Waals surface area contributed by atoms with Crippen LogP contribution >= 0.6 is 0 Å². The van der Waals surface area contributed by atoms with Gasteiger partial charge >= 0.3 is 18.1 Å². The molecule has 0 aliphatic heterocycles. The van der Waals surface area contributed by atoms with Gasteiger partial charge in [-0.3, -0.25) is 4.79 Å². The third-order valence-electron chi connectivity index (χ3n) is 4.85. The number of carbonyl (C=O) groups excluding carboxylic acids is 2. The highest BCUT2D eigenvalue weighted by molar-refractivity contribution is 5.90. The van der Waals surface area contributed by atoms with Crippen LogP contribution in [-0.4, -0.2) is 42.4 Å². The molecule has 0 saturated carbocycles. The van der Waals surface area contributed by atoms with Crippen molar-refractivity contribution >= 4 is 18.1 Å². The maximum Gasteiger partial charge on any atom is 0.415 e. The number of hydrogen-bond acceptors (Lipinski definition) is 5. The Balaban J connectivity index is 1.47. The first-order valence-electron chi connectivity index (χ1n) is 9.35. The van der Waals surface area contributed by atoms with Gasteiger partial charge in [-0.15, -0.1) is 0 Å². The number of nitrogens with one attached hydrogen (secondary N) is 2. The minimum Gasteiger partial charge on any atom is -0.480 e. The van der Waals surface area contributed by atoms with E-state index in [1.165, 1.54) is 0 Å². The summed E-state index contributed by atoms with van der Waals surface area (Å²) in [6.07, 6.45) is -0.238. The molecule has 0 aromatic heterocycles. The molecule has 8 heteroatoms. The summed E-state index contributed by atoms with van der Waals surface area (Å²) in [5.74, 6) is -1.18. The van der Waals surface area contributed by atoms with E-state index in [9.17, 15) is 14.4 Å². The molecule has 2 aromatic rings. The second kappa shape index (κ2) is 9.20. The second-order valence-electron chi connectivity index (χ2n) is 6.79. The highest BCUT2D eigenvalue weighted by Gasteiger charge is 2.29. The van der Waals surface area contributed by atoms with Crippen LogP contribution < -0.4 is 16.4 Å². The van der Waals surface area contributed by atoms with E-state index < -0.39 is 24.1 Å². The summed E-state index contributed by atoms with van der Waals surface area (Å²) in [6.45, 7) is 0.310. The Hall–Kier alpha value is -3.39. The number of benzene rings is 2. The van der Waals surface area contributed by atoms with E-state index in [1.807, 2.05) is 48.5 Å². The number of alkyl carbamates (subject to hydrolysis) is 1. The molecule has 0 bridgehead atoms. The van der Waals surface area contributed by atoms with Crippen LogP contribution in [0.1, 0.15) is 29.9 Å². The molecule has 1 aliphatic rings. The minimum atomic E-state index is -1.09. The average molecular weight is 397 g/mol. The van der Waals surface area contributed by atoms with Crippen LogP contribution in [0, 0.1) is 0 Å². The van der Waals surface area contributed by atoms with E-state index in [1.54, 1.807) is 0 Å². The standard InChI is InChI=1S/C21H23N3O5/c22-18(19(25)26)10-5-11-23-20(27)24-21(28)29-12-17-15-8-3-1-6-13(15)14-7-2-4-9-16(14)17/h1-4,6-9,17-18H,5,10-12,22H2,(H,25,26)(H2,23,24,27,28). The molecule has 152 valence electrons. The van der Waals surface area contributed by atoms with Crippen LogP contribution in [0.3, 0.4) is 0 Å². The number of urea groups is 1. The summed E-state index contributed by atoms with van der Waals surface area (Å²) in [4.78, 5) is 34.3. The molecule has 1 atom stereocenters. The lowest BCUT2D eigenvalue weighted by Crippen LogP contribution is -2.41. The number of carboxylic acids is 1. The van der Waals surface area contributed by atoms with Crippen molar-refractivity contribution in [2.24, 2.45) is 5.73 Å².